The summed E-state index contributed by atoms with van der Waals surface area (Å²) in [5.74, 6) is 0.937. The Kier molecular flexibility index (Phi) is 5.46. The van der Waals surface area contributed by atoms with E-state index in [-0.39, 0.29) is 5.82 Å². The first kappa shape index (κ1) is 17.2. The third kappa shape index (κ3) is 5.16. The van der Waals surface area contributed by atoms with E-state index in [4.69, 9.17) is 11.6 Å². The molecule has 4 nitrogen and oxygen atoms in total. The Morgan fingerprint density at radius 3 is 2.44 bits per heavy atom. The monoisotopic (exact) mass is 356 g/mol. The Labute approximate surface area is 151 Å². The van der Waals surface area contributed by atoms with Gasteiger partial charge in [-0.3, -0.25) is 0 Å². The molecule has 0 atom stereocenters. The van der Waals surface area contributed by atoms with Crippen LogP contribution in [0.2, 0.25) is 5.02 Å². The summed E-state index contributed by atoms with van der Waals surface area (Å²) in [6.45, 7) is 2.65. The van der Waals surface area contributed by atoms with Crippen LogP contribution in [0.3, 0.4) is 0 Å². The number of nitrogens with one attached hydrogen (secondary N) is 2. The number of nitrogens with zero attached hydrogens (tertiary/aromatic N) is 2. The summed E-state index contributed by atoms with van der Waals surface area (Å²) in [5, 5.41) is 7.12. The molecule has 0 unspecified atom stereocenters. The smallest absolute Gasteiger partial charge is 0.229 e. The van der Waals surface area contributed by atoms with Gasteiger partial charge in [-0.05, 0) is 55.3 Å². The molecule has 3 aromatic rings. The maximum atomic E-state index is 13.0. The van der Waals surface area contributed by atoms with E-state index >= 15 is 0 Å². The van der Waals surface area contributed by atoms with Crippen molar-refractivity contribution >= 4 is 29.1 Å². The highest BCUT2D eigenvalue weighted by Crippen LogP contribution is 2.16. The fourth-order valence-corrected chi connectivity index (χ4v) is 2.49. The normalized spacial score (nSPS) is 10.5. The number of hydrogen-bond acceptors (Lipinski definition) is 4. The van der Waals surface area contributed by atoms with E-state index in [1.165, 1.54) is 17.7 Å². The van der Waals surface area contributed by atoms with E-state index in [9.17, 15) is 4.39 Å². The molecule has 0 bridgehead atoms. The minimum absolute atomic E-state index is 0.278. The largest absolute Gasteiger partial charge is 0.370 e. The van der Waals surface area contributed by atoms with E-state index < -0.39 is 0 Å². The van der Waals surface area contributed by atoms with Crippen LogP contribution in [0.4, 0.5) is 21.8 Å². The molecule has 0 saturated heterocycles. The van der Waals surface area contributed by atoms with Crippen LogP contribution in [0.1, 0.15) is 11.3 Å². The molecule has 0 radical (unpaired) electrons. The average molecular weight is 357 g/mol. The van der Waals surface area contributed by atoms with Crippen molar-refractivity contribution in [3.63, 3.8) is 0 Å². The van der Waals surface area contributed by atoms with Crippen molar-refractivity contribution in [2.24, 2.45) is 0 Å². The summed E-state index contributed by atoms with van der Waals surface area (Å²) < 4.78 is 13.0. The topological polar surface area (TPSA) is 49.8 Å². The summed E-state index contributed by atoms with van der Waals surface area (Å²) in [6, 6.07) is 15.8. The average Bonchev–Trinajstić information content (AvgIpc) is 2.58. The molecule has 1 heterocycles. The molecular formula is C19H18ClFN4. The first-order valence-corrected chi connectivity index (χ1v) is 8.33. The van der Waals surface area contributed by atoms with E-state index in [0.29, 0.717) is 5.95 Å². The van der Waals surface area contributed by atoms with Gasteiger partial charge >= 0.3 is 0 Å². The third-order valence-corrected chi connectivity index (χ3v) is 3.84. The van der Waals surface area contributed by atoms with Crippen molar-refractivity contribution in [2.45, 2.75) is 13.3 Å². The Morgan fingerprint density at radius 1 is 1.00 bits per heavy atom. The van der Waals surface area contributed by atoms with E-state index in [2.05, 4.69) is 20.6 Å². The van der Waals surface area contributed by atoms with Crippen molar-refractivity contribution in [2.75, 3.05) is 17.2 Å². The first-order valence-electron chi connectivity index (χ1n) is 7.95. The van der Waals surface area contributed by atoms with Crippen LogP contribution in [0.5, 0.6) is 0 Å². The zero-order chi connectivity index (χ0) is 17.6. The van der Waals surface area contributed by atoms with Gasteiger partial charge in [0.1, 0.15) is 11.6 Å². The van der Waals surface area contributed by atoms with Crippen LogP contribution in [-0.2, 0) is 6.42 Å². The molecule has 0 fully saturated rings. The van der Waals surface area contributed by atoms with E-state index in [1.807, 2.05) is 37.3 Å². The lowest BCUT2D eigenvalue weighted by Gasteiger charge is -2.10. The predicted molar refractivity (Wildman–Crippen MR) is 100 cm³/mol. The summed E-state index contributed by atoms with van der Waals surface area (Å²) in [5.41, 5.74) is 2.78. The van der Waals surface area contributed by atoms with Gasteiger partial charge in [0, 0.05) is 29.0 Å². The van der Waals surface area contributed by atoms with Crippen LogP contribution in [0, 0.1) is 12.7 Å². The van der Waals surface area contributed by atoms with Gasteiger partial charge in [0.2, 0.25) is 5.95 Å². The molecule has 128 valence electrons. The van der Waals surface area contributed by atoms with E-state index in [0.717, 1.165) is 35.2 Å². The second-order valence-electron chi connectivity index (χ2n) is 5.65. The summed E-state index contributed by atoms with van der Waals surface area (Å²) in [4.78, 5) is 8.81. The minimum atomic E-state index is -0.278. The fourth-order valence-electron chi connectivity index (χ4n) is 2.36. The number of aryl methyl sites for hydroxylation is 1. The molecule has 25 heavy (non-hydrogen) atoms. The number of anilines is 3. The molecule has 6 heteroatoms. The highest BCUT2D eigenvalue weighted by molar-refractivity contribution is 6.30. The van der Waals surface area contributed by atoms with Gasteiger partial charge in [-0.1, -0.05) is 23.7 Å². The van der Waals surface area contributed by atoms with Crippen molar-refractivity contribution in [3.05, 3.63) is 76.7 Å². The van der Waals surface area contributed by atoms with Gasteiger partial charge in [0.15, 0.2) is 0 Å². The number of aromatic nitrogens is 2. The van der Waals surface area contributed by atoms with Gasteiger partial charge in [0.05, 0.1) is 0 Å². The lowest BCUT2D eigenvalue weighted by Crippen LogP contribution is -2.08. The first-order chi connectivity index (χ1) is 12.1. The number of rotatable bonds is 6. The van der Waals surface area contributed by atoms with Crippen molar-refractivity contribution in [3.8, 4) is 0 Å². The van der Waals surface area contributed by atoms with Crippen LogP contribution in [0.15, 0.2) is 54.6 Å². The molecular weight excluding hydrogens is 339 g/mol. The van der Waals surface area contributed by atoms with Crippen molar-refractivity contribution in [1.82, 2.24) is 9.97 Å². The van der Waals surface area contributed by atoms with Crippen LogP contribution in [-0.4, -0.2) is 16.5 Å². The van der Waals surface area contributed by atoms with Crippen LogP contribution < -0.4 is 10.6 Å². The summed E-state index contributed by atoms with van der Waals surface area (Å²) in [6.07, 6.45) is 0.862. The second-order valence-corrected chi connectivity index (χ2v) is 6.09. The van der Waals surface area contributed by atoms with Gasteiger partial charge in [-0.15, -0.1) is 0 Å². The molecule has 2 aromatic carbocycles. The fraction of sp³-hybridized carbons (Fsp3) is 0.158. The van der Waals surface area contributed by atoms with Crippen LogP contribution >= 0.6 is 11.6 Å². The van der Waals surface area contributed by atoms with Gasteiger partial charge < -0.3 is 10.6 Å². The Bertz CT molecular complexity index is 835. The molecule has 0 spiro atoms. The number of halogens is 2. The molecule has 1 aromatic heterocycles. The molecule has 0 amide bonds. The molecule has 0 aliphatic heterocycles. The molecule has 0 aliphatic rings. The molecule has 0 saturated carbocycles. The highest BCUT2D eigenvalue weighted by atomic mass is 35.5. The molecule has 0 aliphatic carbocycles. The summed E-state index contributed by atoms with van der Waals surface area (Å²) in [7, 11) is 0. The highest BCUT2D eigenvalue weighted by Gasteiger charge is 2.03. The van der Waals surface area contributed by atoms with E-state index in [1.54, 1.807) is 12.1 Å². The van der Waals surface area contributed by atoms with Gasteiger partial charge in [-0.25, -0.2) is 9.37 Å². The van der Waals surface area contributed by atoms with Crippen molar-refractivity contribution in [1.29, 1.82) is 0 Å². The van der Waals surface area contributed by atoms with Crippen molar-refractivity contribution < 1.29 is 4.39 Å². The SMILES string of the molecule is Cc1cc(NCCc2ccc(Cl)cc2)nc(Nc2ccc(F)cc2)n1. The third-order valence-electron chi connectivity index (χ3n) is 3.59. The lowest BCUT2D eigenvalue weighted by molar-refractivity contribution is 0.628. The Hall–Kier alpha value is -2.66. The maximum absolute atomic E-state index is 13.0. The van der Waals surface area contributed by atoms with Gasteiger partial charge in [0.25, 0.3) is 0 Å². The maximum Gasteiger partial charge on any atom is 0.229 e. The summed E-state index contributed by atoms with van der Waals surface area (Å²) >= 11 is 5.89. The van der Waals surface area contributed by atoms with Crippen LogP contribution in [0.25, 0.3) is 0 Å². The van der Waals surface area contributed by atoms with Gasteiger partial charge in [-0.2, -0.15) is 4.98 Å². The molecule has 2 N–H and O–H groups in total. The Balaban J connectivity index is 1.62. The predicted octanol–water partition coefficient (Wildman–Crippen LogP) is 4.98. The minimum Gasteiger partial charge on any atom is -0.370 e. The molecule has 3 rings (SSSR count). The standard InChI is InChI=1S/C19H18ClFN4/c1-13-12-18(22-11-10-14-2-4-15(20)5-3-14)25-19(23-13)24-17-8-6-16(21)7-9-17/h2-9,12H,10-11H2,1H3,(H2,22,23,24,25). The number of benzene rings is 2. The lowest BCUT2D eigenvalue weighted by atomic mass is 10.1. The second kappa shape index (κ2) is 7.94. The zero-order valence-electron chi connectivity index (χ0n) is 13.8. The number of hydrogen-bond donors (Lipinski definition) is 2. The Morgan fingerprint density at radius 2 is 1.72 bits per heavy atom. The quantitative estimate of drug-likeness (QED) is 0.654. The zero-order valence-corrected chi connectivity index (χ0v) is 14.5.